The molecule has 1 aromatic heterocycles. The Bertz CT molecular complexity index is 368. The minimum absolute atomic E-state index is 0.741. The number of allylic oxidation sites excluding steroid dienone is 1. The van der Waals surface area contributed by atoms with Crippen LogP contribution in [0.1, 0.15) is 44.1 Å². The molecule has 1 heterocycles. The molecule has 2 rings (SSSR count). The first-order chi connectivity index (χ1) is 8.34. The first-order valence-corrected chi connectivity index (χ1v) is 6.55. The molecule has 0 radical (unpaired) electrons. The summed E-state index contributed by atoms with van der Waals surface area (Å²) in [6.45, 7) is 2.94. The topological polar surface area (TPSA) is 37.8 Å². The van der Waals surface area contributed by atoms with Gasteiger partial charge in [0, 0.05) is 18.9 Å². The maximum absolute atomic E-state index is 4.24. The summed E-state index contributed by atoms with van der Waals surface area (Å²) in [7, 11) is 0. The molecule has 1 aromatic rings. The van der Waals surface area contributed by atoms with Crippen LogP contribution < -0.4 is 5.32 Å². The lowest BCUT2D eigenvalue weighted by atomic mass is 10.1. The van der Waals surface area contributed by atoms with Crippen LogP contribution in [0.2, 0.25) is 0 Å². The molecule has 1 N–H and O–H groups in total. The number of nitrogens with zero attached hydrogens (tertiary/aromatic N) is 2. The molecular formula is C14H21N3. The highest BCUT2D eigenvalue weighted by molar-refractivity contribution is 5.24. The van der Waals surface area contributed by atoms with Gasteiger partial charge in [-0.2, -0.15) is 0 Å². The number of aromatic nitrogens is 2. The second-order valence-corrected chi connectivity index (χ2v) is 4.72. The van der Waals surface area contributed by atoms with E-state index in [0.29, 0.717) is 0 Å². The summed E-state index contributed by atoms with van der Waals surface area (Å²) >= 11 is 0. The van der Waals surface area contributed by atoms with Gasteiger partial charge in [-0.25, -0.2) is 9.97 Å². The lowest BCUT2D eigenvalue weighted by Crippen LogP contribution is -2.06. The fourth-order valence-corrected chi connectivity index (χ4v) is 2.13. The van der Waals surface area contributed by atoms with Gasteiger partial charge in [-0.1, -0.05) is 18.1 Å². The average molecular weight is 231 g/mol. The predicted molar refractivity (Wildman–Crippen MR) is 71.0 cm³/mol. The van der Waals surface area contributed by atoms with Crippen molar-refractivity contribution in [3.8, 4) is 0 Å². The van der Waals surface area contributed by atoms with Gasteiger partial charge in [0.1, 0.15) is 0 Å². The smallest absolute Gasteiger partial charge is 0.222 e. The summed E-state index contributed by atoms with van der Waals surface area (Å²) in [5.74, 6) is 0.741. The Hall–Kier alpha value is -1.38. The highest BCUT2D eigenvalue weighted by Gasteiger charge is 2.02. The van der Waals surface area contributed by atoms with Crippen molar-refractivity contribution >= 4 is 5.95 Å². The molecule has 17 heavy (non-hydrogen) atoms. The molecule has 0 fully saturated rings. The van der Waals surface area contributed by atoms with Gasteiger partial charge in [0.15, 0.2) is 0 Å². The van der Waals surface area contributed by atoms with E-state index >= 15 is 0 Å². The van der Waals surface area contributed by atoms with Crippen LogP contribution in [-0.4, -0.2) is 16.5 Å². The molecule has 0 spiro atoms. The fourth-order valence-electron chi connectivity index (χ4n) is 2.13. The fraction of sp³-hybridized carbons (Fsp3) is 0.571. The molecule has 1 aliphatic carbocycles. The Kier molecular flexibility index (Phi) is 4.54. The van der Waals surface area contributed by atoms with Gasteiger partial charge in [-0.05, 0) is 44.6 Å². The summed E-state index contributed by atoms with van der Waals surface area (Å²) in [4.78, 5) is 8.48. The molecule has 3 nitrogen and oxygen atoms in total. The third-order valence-corrected chi connectivity index (χ3v) is 3.15. The largest absolute Gasteiger partial charge is 0.354 e. The van der Waals surface area contributed by atoms with E-state index in [4.69, 9.17) is 0 Å². The Labute approximate surface area is 103 Å². The van der Waals surface area contributed by atoms with E-state index in [1.54, 1.807) is 5.57 Å². The number of aryl methyl sites for hydroxylation is 1. The Morgan fingerprint density at radius 3 is 2.82 bits per heavy atom. The lowest BCUT2D eigenvalue weighted by Gasteiger charge is -2.07. The standard InChI is InChI=1S/C14H21N3/c1-12-10-16-14(17-11-12)15-9-8-13-6-4-2-3-5-7-13/h6,10-11H,2-5,7-9H2,1H3,(H,15,16,17). The molecule has 0 unspecified atom stereocenters. The van der Waals surface area contributed by atoms with Gasteiger partial charge < -0.3 is 5.32 Å². The summed E-state index contributed by atoms with van der Waals surface area (Å²) in [6, 6.07) is 0. The van der Waals surface area contributed by atoms with E-state index in [1.807, 2.05) is 19.3 Å². The summed E-state index contributed by atoms with van der Waals surface area (Å²) in [5.41, 5.74) is 2.70. The molecule has 0 aromatic carbocycles. The molecule has 0 atom stereocenters. The predicted octanol–water partition coefficient (Wildman–Crippen LogP) is 3.48. The van der Waals surface area contributed by atoms with Crippen LogP contribution in [0.15, 0.2) is 24.0 Å². The van der Waals surface area contributed by atoms with Gasteiger partial charge in [-0.3, -0.25) is 0 Å². The van der Waals surface area contributed by atoms with Crippen LogP contribution >= 0.6 is 0 Å². The normalized spacial score (nSPS) is 16.2. The Morgan fingerprint density at radius 2 is 2.00 bits per heavy atom. The maximum Gasteiger partial charge on any atom is 0.222 e. The van der Waals surface area contributed by atoms with Crippen molar-refractivity contribution in [3.05, 3.63) is 29.6 Å². The number of hydrogen-bond donors (Lipinski definition) is 1. The molecule has 3 heteroatoms. The van der Waals surface area contributed by atoms with Crippen molar-refractivity contribution < 1.29 is 0 Å². The SMILES string of the molecule is Cc1cnc(NCCC2=CCCCCC2)nc1. The van der Waals surface area contributed by atoms with E-state index in [-0.39, 0.29) is 0 Å². The van der Waals surface area contributed by atoms with Crippen LogP contribution in [0.5, 0.6) is 0 Å². The van der Waals surface area contributed by atoms with Crippen molar-refractivity contribution in [2.24, 2.45) is 0 Å². The first-order valence-electron chi connectivity index (χ1n) is 6.55. The van der Waals surface area contributed by atoms with Gasteiger partial charge in [0.25, 0.3) is 0 Å². The van der Waals surface area contributed by atoms with Crippen LogP contribution in [-0.2, 0) is 0 Å². The van der Waals surface area contributed by atoms with Crippen molar-refractivity contribution in [1.29, 1.82) is 0 Å². The van der Waals surface area contributed by atoms with E-state index in [2.05, 4.69) is 21.4 Å². The molecule has 0 aliphatic heterocycles. The van der Waals surface area contributed by atoms with Crippen molar-refractivity contribution in [2.45, 2.75) is 45.4 Å². The van der Waals surface area contributed by atoms with Gasteiger partial charge >= 0.3 is 0 Å². The second kappa shape index (κ2) is 6.38. The summed E-state index contributed by atoms with van der Waals surface area (Å²) in [5, 5.41) is 3.28. The van der Waals surface area contributed by atoms with Crippen LogP contribution in [0.25, 0.3) is 0 Å². The van der Waals surface area contributed by atoms with E-state index in [1.165, 1.54) is 32.1 Å². The molecule has 1 aliphatic rings. The minimum Gasteiger partial charge on any atom is -0.354 e. The van der Waals surface area contributed by atoms with E-state index in [9.17, 15) is 0 Å². The number of anilines is 1. The summed E-state index contributed by atoms with van der Waals surface area (Å²) < 4.78 is 0. The molecule has 0 bridgehead atoms. The lowest BCUT2D eigenvalue weighted by molar-refractivity contribution is 0.703. The average Bonchev–Trinajstić information content (AvgIpc) is 2.60. The molecule has 0 saturated carbocycles. The highest BCUT2D eigenvalue weighted by atomic mass is 15.1. The van der Waals surface area contributed by atoms with Crippen LogP contribution in [0, 0.1) is 6.92 Å². The van der Waals surface area contributed by atoms with Gasteiger partial charge in [0.2, 0.25) is 5.95 Å². The van der Waals surface area contributed by atoms with Crippen molar-refractivity contribution in [3.63, 3.8) is 0 Å². The van der Waals surface area contributed by atoms with E-state index in [0.717, 1.165) is 24.5 Å². The quantitative estimate of drug-likeness (QED) is 0.806. The summed E-state index contributed by atoms with van der Waals surface area (Å²) in [6.07, 6.45) is 13.9. The third-order valence-electron chi connectivity index (χ3n) is 3.15. The Morgan fingerprint density at radius 1 is 1.18 bits per heavy atom. The van der Waals surface area contributed by atoms with Crippen LogP contribution in [0.3, 0.4) is 0 Å². The zero-order valence-electron chi connectivity index (χ0n) is 10.6. The maximum atomic E-state index is 4.24. The zero-order chi connectivity index (χ0) is 11.9. The first kappa shape index (κ1) is 12.1. The van der Waals surface area contributed by atoms with Crippen molar-refractivity contribution in [1.82, 2.24) is 9.97 Å². The second-order valence-electron chi connectivity index (χ2n) is 4.72. The number of hydrogen-bond acceptors (Lipinski definition) is 3. The molecule has 0 saturated heterocycles. The third kappa shape index (κ3) is 4.17. The zero-order valence-corrected chi connectivity index (χ0v) is 10.6. The molecule has 0 amide bonds. The highest BCUT2D eigenvalue weighted by Crippen LogP contribution is 2.19. The van der Waals surface area contributed by atoms with E-state index < -0.39 is 0 Å². The monoisotopic (exact) mass is 231 g/mol. The van der Waals surface area contributed by atoms with Gasteiger partial charge in [0.05, 0.1) is 0 Å². The Balaban J connectivity index is 1.75. The number of rotatable bonds is 4. The van der Waals surface area contributed by atoms with Gasteiger partial charge in [-0.15, -0.1) is 0 Å². The van der Waals surface area contributed by atoms with Crippen LogP contribution in [0.4, 0.5) is 5.95 Å². The van der Waals surface area contributed by atoms with Crippen molar-refractivity contribution in [2.75, 3.05) is 11.9 Å². The molecular weight excluding hydrogens is 210 g/mol. The molecule has 92 valence electrons. The minimum atomic E-state index is 0.741. The number of nitrogens with one attached hydrogen (secondary N) is 1.